The first-order valence-electron chi connectivity index (χ1n) is 11.9. The van der Waals surface area contributed by atoms with Crippen LogP contribution in [0.25, 0.3) is 0 Å². The summed E-state index contributed by atoms with van der Waals surface area (Å²) in [6.45, 7) is 10.5. The van der Waals surface area contributed by atoms with Crippen LogP contribution in [0.5, 0.6) is 0 Å². The van der Waals surface area contributed by atoms with Gasteiger partial charge in [-0.1, -0.05) is 63.0 Å². The predicted octanol–water partition coefficient (Wildman–Crippen LogP) is 4.91. The van der Waals surface area contributed by atoms with Crippen LogP contribution >= 0.6 is 23.2 Å². The minimum atomic E-state index is -0.947. The monoisotopic (exact) mass is 555 g/mol. The molecule has 0 aromatic heterocycles. The van der Waals surface area contributed by atoms with E-state index in [-0.39, 0.29) is 23.3 Å². The largest absolute Gasteiger partial charge is 0.386 e. The fourth-order valence-electron chi connectivity index (χ4n) is 3.51. The molecule has 37 heavy (non-hydrogen) atoms. The lowest BCUT2D eigenvalue weighted by Gasteiger charge is -2.22. The van der Waals surface area contributed by atoms with E-state index in [1.165, 1.54) is 12.1 Å². The summed E-state index contributed by atoms with van der Waals surface area (Å²) in [6, 6.07) is 10.5. The van der Waals surface area contributed by atoms with Gasteiger partial charge in [-0.15, -0.1) is 0 Å². The van der Waals surface area contributed by atoms with Crippen molar-refractivity contribution in [2.24, 2.45) is 5.41 Å². The van der Waals surface area contributed by atoms with Gasteiger partial charge < -0.3 is 25.9 Å². The number of aliphatic hydroxyl groups is 1. The van der Waals surface area contributed by atoms with E-state index in [1.807, 2.05) is 24.3 Å². The molecule has 0 spiro atoms. The average Bonchev–Trinajstić information content (AvgIpc) is 3.31. The Morgan fingerprint density at radius 3 is 2.30 bits per heavy atom. The number of carbonyl (C=O) groups excluding carboxylic acids is 3. The van der Waals surface area contributed by atoms with Gasteiger partial charge in [0.2, 0.25) is 12.8 Å². The SMILES string of the molecule is CC(C)(C)C.O=CNCCC(O)C=O.O=CNc1cc(Cl)c(F)cc1C1CNCC1c1cccc(Cl)c1. The Kier molecular flexibility index (Phi) is 14.4. The third-order valence-electron chi connectivity index (χ3n) is 5.02. The molecule has 2 amide bonds. The van der Waals surface area contributed by atoms with Crippen molar-refractivity contribution < 1.29 is 23.9 Å². The number of nitrogens with one attached hydrogen (secondary N) is 3. The van der Waals surface area contributed by atoms with Crippen LogP contribution in [0.2, 0.25) is 10.0 Å². The molecule has 2 aromatic rings. The maximum absolute atomic E-state index is 14.0. The van der Waals surface area contributed by atoms with Crippen LogP contribution in [-0.4, -0.2) is 50.0 Å². The van der Waals surface area contributed by atoms with E-state index in [0.717, 1.165) is 17.7 Å². The van der Waals surface area contributed by atoms with E-state index in [9.17, 15) is 18.8 Å². The average molecular weight is 557 g/mol. The second-order valence-corrected chi connectivity index (χ2v) is 10.9. The number of halogens is 3. The lowest BCUT2D eigenvalue weighted by Crippen LogP contribution is -2.19. The van der Waals surface area contributed by atoms with E-state index in [2.05, 4.69) is 43.6 Å². The van der Waals surface area contributed by atoms with Gasteiger partial charge in [0.05, 0.1) is 5.02 Å². The van der Waals surface area contributed by atoms with Gasteiger partial charge in [-0.25, -0.2) is 4.39 Å². The predicted molar refractivity (Wildman–Crippen MR) is 147 cm³/mol. The van der Waals surface area contributed by atoms with Crippen molar-refractivity contribution in [2.75, 3.05) is 25.0 Å². The molecular formula is C27H36Cl2FN3O4. The van der Waals surface area contributed by atoms with Crippen LogP contribution in [0.4, 0.5) is 10.1 Å². The van der Waals surface area contributed by atoms with E-state index in [0.29, 0.717) is 48.3 Å². The number of anilines is 1. The molecule has 0 bridgehead atoms. The van der Waals surface area contributed by atoms with Gasteiger partial charge in [-0.2, -0.15) is 0 Å². The first kappa shape index (κ1) is 32.5. The quantitative estimate of drug-likeness (QED) is 0.260. The van der Waals surface area contributed by atoms with E-state index >= 15 is 0 Å². The first-order valence-corrected chi connectivity index (χ1v) is 12.6. The molecule has 2 aromatic carbocycles. The summed E-state index contributed by atoms with van der Waals surface area (Å²) in [5.74, 6) is -0.334. The maximum Gasteiger partial charge on any atom is 0.211 e. The summed E-state index contributed by atoms with van der Waals surface area (Å²) in [7, 11) is 0. The van der Waals surface area contributed by atoms with E-state index < -0.39 is 11.9 Å². The summed E-state index contributed by atoms with van der Waals surface area (Å²) < 4.78 is 14.0. The van der Waals surface area contributed by atoms with Gasteiger partial charge >= 0.3 is 0 Å². The highest BCUT2D eigenvalue weighted by Crippen LogP contribution is 2.41. The van der Waals surface area contributed by atoms with Crippen LogP contribution in [0.3, 0.4) is 0 Å². The zero-order valence-electron chi connectivity index (χ0n) is 21.6. The molecule has 1 aliphatic heterocycles. The van der Waals surface area contributed by atoms with Gasteiger partial charge in [0.15, 0.2) is 0 Å². The van der Waals surface area contributed by atoms with Crippen molar-refractivity contribution in [3.8, 4) is 0 Å². The number of aldehydes is 1. The molecule has 7 nitrogen and oxygen atoms in total. The number of hydrogen-bond donors (Lipinski definition) is 4. The molecule has 10 heteroatoms. The zero-order chi connectivity index (χ0) is 28.0. The molecule has 1 saturated heterocycles. The molecule has 1 fully saturated rings. The summed E-state index contributed by atoms with van der Waals surface area (Å²) >= 11 is 11.9. The van der Waals surface area contributed by atoms with E-state index in [1.54, 1.807) is 0 Å². The third-order valence-corrected chi connectivity index (χ3v) is 5.55. The van der Waals surface area contributed by atoms with Gasteiger partial charge in [0.1, 0.15) is 18.2 Å². The fraction of sp³-hybridized carbons (Fsp3) is 0.444. The molecule has 0 saturated carbocycles. The zero-order valence-corrected chi connectivity index (χ0v) is 23.1. The maximum atomic E-state index is 14.0. The van der Waals surface area contributed by atoms with Crippen molar-refractivity contribution in [1.82, 2.24) is 10.6 Å². The van der Waals surface area contributed by atoms with Crippen LogP contribution in [0, 0.1) is 11.2 Å². The van der Waals surface area contributed by atoms with Crippen molar-refractivity contribution in [1.29, 1.82) is 0 Å². The van der Waals surface area contributed by atoms with Crippen LogP contribution in [-0.2, 0) is 14.4 Å². The van der Waals surface area contributed by atoms with Crippen LogP contribution in [0.15, 0.2) is 36.4 Å². The van der Waals surface area contributed by atoms with Crippen LogP contribution < -0.4 is 16.0 Å². The lowest BCUT2D eigenvalue weighted by molar-refractivity contribution is -0.115. The topological polar surface area (TPSA) is 108 Å². The number of aliphatic hydroxyl groups excluding tert-OH is 1. The number of hydrogen-bond acceptors (Lipinski definition) is 5. The highest BCUT2D eigenvalue weighted by Gasteiger charge is 2.32. The number of rotatable bonds is 9. The number of benzene rings is 2. The lowest BCUT2D eigenvalue weighted by atomic mass is 9.83. The Morgan fingerprint density at radius 2 is 1.73 bits per heavy atom. The Labute approximate surface area is 228 Å². The highest BCUT2D eigenvalue weighted by atomic mass is 35.5. The molecule has 3 atom stereocenters. The molecule has 0 radical (unpaired) electrons. The normalized spacial score (nSPS) is 17.3. The van der Waals surface area contributed by atoms with Crippen molar-refractivity contribution in [3.05, 3.63) is 63.4 Å². The van der Waals surface area contributed by atoms with Gasteiger partial charge in [-0.05, 0) is 47.2 Å². The fourth-order valence-corrected chi connectivity index (χ4v) is 3.87. The summed E-state index contributed by atoms with van der Waals surface area (Å²) in [5.41, 5.74) is 2.85. The molecule has 3 rings (SSSR count). The number of amides is 2. The Hall–Kier alpha value is -2.52. The van der Waals surface area contributed by atoms with E-state index in [4.69, 9.17) is 28.3 Å². The highest BCUT2D eigenvalue weighted by molar-refractivity contribution is 6.31. The summed E-state index contributed by atoms with van der Waals surface area (Å²) in [4.78, 5) is 30.2. The Morgan fingerprint density at radius 1 is 1.08 bits per heavy atom. The second kappa shape index (κ2) is 16.3. The standard InChI is InChI=1S/C17H15Cl2FN2O.C5H9NO3.C5H12/c18-11-3-1-2-10(4-11)13-7-21-8-14(13)12-5-16(20)15(19)6-17(12)22-9-23;7-3-5(9)1-2-6-4-8;1-5(2,3)4/h1-6,9,13-14,21H,7-8H2,(H,22,23);3-5,9H,1-2H2,(H,6,8);1-4H3. The Bertz CT molecular complexity index is 1010. The molecule has 4 N–H and O–H groups in total. The minimum Gasteiger partial charge on any atom is -0.386 e. The third kappa shape index (κ3) is 12.5. The molecule has 0 aliphatic carbocycles. The second-order valence-electron chi connectivity index (χ2n) is 10.1. The molecule has 204 valence electrons. The van der Waals surface area contributed by atoms with Crippen LogP contribution in [0.1, 0.15) is 57.1 Å². The summed E-state index contributed by atoms with van der Waals surface area (Å²) in [6.07, 6.45) is 0.869. The molecule has 1 aliphatic rings. The van der Waals surface area contributed by atoms with Crippen molar-refractivity contribution in [2.45, 2.75) is 52.1 Å². The van der Waals surface area contributed by atoms with Gasteiger partial charge in [0.25, 0.3) is 0 Å². The van der Waals surface area contributed by atoms with Gasteiger partial charge in [0, 0.05) is 42.2 Å². The van der Waals surface area contributed by atoms with Crippen molar-refractivity contribution >= 4 is 48.0 Å². The van der Waals surface area contributed by atoms with Gasteiger partial charge in [-0.3, -0.25) is 9.59 Å². The first-order chi connectivity index (χ1) is 17.4. The summed E-state index contributed by atoms with van der Waals surface area (Å²) in [5, 5.41) is 17.5. The minimum absolute atomic E-state index is 0.0108. The smallest absolute Gasteiger partial charge is 0.211 e. The Balaban J connectivity index is 0.000000406. The molecule has 3 unspecified atom stereocenters. The molecular weight excluding hydrogens is 520 g/mol. The van der Waals surface area contributed by atoms with Crippen molar-refractivity contribution in [3.63, 3.8) is 0 Å². The number of carbonyl (C=O) groups is 3. The molecule has 1 heterocycles.